The van der Waals surface area contributed by atoms with E-state index in [1.54, 1.807) is 7.11 Å². The van der Waals surface area contributed by atoms with Crippen molar-refractivity contribution < 1.29 is 14.6 Å². The summed E-state index contributed by atoms with van der Waals surface area (Å²) in [5.41, 5.74) is 1.60. The first-order chi connectivity index (χ1) is 14.1. The number of rotatable bonds is 4. The molecule has 29 heavy (non-hydrogen) atoms. The van der Waals surface area contributed by atoms with Crippen LogP contribution in [0.5, 0.6) is 5.75 Å². The van der Waals surface area contributed by atoms with Gasteiger partial charge in [-0.05, 0) is 31.0 Å². The molecular weight excluding hydrogens is 436 g/mol. The molecule has 1 amide bonds. The number of amides is 1. The van der Waals surface area contributed by atoms with Crippen LogP contribution in [0.3, 0.4) is 0 Å². The average Bonchev–Trinajstić information content (AvgIpc) is 2.74. The zero-order chi connectivity index (χ0) is 20.4. The molecule has 0 radical (unpaired) electrons. The third kappa shape index (κ3) is 3.98. The minimum absolute atomic E-state index is 0.00521. The number of likely N-dealkylation sites (tertiary alicyclic amines) is 1. The number of fused-ring (bicyclic) bond motifs is 1. The summed E-state index contributed by atoms with van der Waals surface area (Å²) >= 11 is 3.47. The van der Waals surface area contributed by atoms with Crippen LogP contribution >= 0.6 is 15.9 Å². The molecule has 1 aromatic heterocycles. The molecule has 7 nitrogen and oxygen atoms in total. The fourth-order valence-corrected chi connectivity index (χ4v) is 4.07. The molecule has 1 atom stereocenters. The predicted molar refractivity (Wildman–Crippen MR) is 115 cm³/mol. The Morgan fingerprint density at radius 2 is 2.03 bits per heavy atom. The van der Waals surface area contributed by atoms with E-state index in [4.69, 9.17) is 4.74 Å². The summed E-state index contributed by atoms with van der Waals surface area (Å²) < 4.78 is 6.47. The van der Waals surface area contributed by atoms with Crippen LogP contribution in [-0.2, 0) is 0 Å². The number of carboxylic acid groups (broad SMARTS) is 1. The molecule has 8 heteroatoms. The van der Waals surface area contributed by atoms with Gasteiger partial charge in [-0.1, -0.05) is 40.2 Å². The van der Waals surface area contributed by atoms with Gasteiger partial charge in [0.05, 0.1) is 7.11 Å². The Morgan fingerprint density at radius 1 is 1.24 bits per heavy atom. The standard InChI is InChI=1S/C21H21BrN4O3/c1-29-18-11-13(22)8-9-17(18)19-15-6-2-3-7-16(15)20(25-24-19)23-14-5-4-10-26(12-14)21(27)28/h2-3,6-9,11,14H,4-5,10,12H2,1H3,(H,23,25)(H,27,28)/t14-/m1/s1. The largest absolute Gasteiger partial charge is 0.496 e. The average molecular weight is 457 g/mol. The first-order valence-corrected chi connectivity index (χ1v) is 10.2. The van der Waals surface area contributed by atoms with Crippen molar-refractivity contribution in [3.63, 3.8) is 0 Å². The monoisotopic (exact) mass is 456 g/mol. The highest BCUT2D eigenvalue weighted by molar-refractivity contribution is 9.10. The quantitative estimate of drug-likeness (QED) is 0.595. The summed E-state index contributed by atoms with van der Waals surface area (Å²) in [5.74, 6) is 1.38. The Bertz CT molecular complexity index is 1060. The fourth-order valence-electron chi connectivity index (χ4n) is 3.73. The lowest BCUT2D eigenvalue weighted by Gasteiger charge is -2.31. The number of nitrogens with one attached hydrogen (secondary N) is 1. The number of halogens is 1. The molecule has 0 bridgehead atoms. The lowest BCUT2D eigenvalue weighted by Crippen LogP contribution is -2.44. The van der Waals surface area contributed by atoms with Crippen molar-refractivity contribution in [1.82, 2.24) is 15.1 Å². The van der Waals surface area contributed by atoms with E-state index in [0.717, 1.165) is 39.3 Å². The minimum Gasteiger partial charge on any atom is -0.496 e. The third-order valence-electron chi connectivity index (χ3n) is 5.14. The summed E-state index contributed by atoms with van der Waals surface area (Å²) in [6, 6.07) is 13.8. The first-order valence-electron chi connectivity index (χ1n) is 9.40. The van der Waals surface area contributed by atoms with Crippen LogP contribution < -0.4 is 10.1 Å². The molecule has 4 rings (SSSR count). The van der Waals surface area contributed by atoms with Gasteiger partial charge >= 0.3 is 6.09 Å². The molecule has 0 aliphatic carbocycles. The maximum atomic E-state index is 11.3. The Hall–Kier alpha value is -2.87. The summed E-state index contributed by atoms with van der Waals surface area (Å²) in [5, 5.41) is 23.5. The number of nitrogens with zero attached hydrogens (tertiary/aromatic N) is 3. The number of hydrogen-bond donors (Lipinski definition) is 2. The van der Waals surface area contributed by atoms with E-state index in [9.17, 15) is 9.90 Å². The molecule has 2 aromatic carbocycles. The minimum atomic E-state index is -0.884. The van der Waals surface area contributed by atoms with Crippen molar-refractivity contribution in [3.8, 4) is 17.0 Å². The molecule has 1 aliphatic rings. The number of hydrogen-bond acceptors (Lipinski definition) is 5. The van der Waals surface area contributed by atoms with Crippen LogP contribution in [0, 0.1) is 0 Å². The molecule has 2 N–H and O–H groups in total. The maximum Gasteiger partial charge on any atom is 0.407 e. The highest BCUT2D eigenvalue weighted by Gasteiger charge is 2.24. The van der Waals surface area contributed by atoms with Gasteiger partial charge in [0.1, 0.15) is 11.4 Å². The lowest BCUT2D eigenvalue weighted by molar-refractivity contribution is 0.133. The highest BCUT2D eigenvalue weighted by atomic mass is 79.9. The second kappa shape index (κ2) is 8.24. The van der Waals surface area contributed by atoms with Crippen molar-refractivity contribution >= 4 is 38.6 Å². The SMILES string of the molecule is COc1cc(Br)ccc1-c1nnc(N[C@@H]2CCCN(C(=O)O)C2)c2ccccc12. The van der Waals surface area contributed by atoms with Gasteiger partial charge in [0, 0.05) is 39.9 Å². The number of aromatic nitrogens is 2. The van der Waals surface area contributed by atoms with Gasteiger partial charge in [-0.15, -0.1) is 10.2 Å². The molecule has 1 saturated heterocycles. The summed E-state index contributed by atoms with van der Waals surface area (Å²) in [7, 11) is 1.63. The van der Waals surface area contributed by atoms with Gasteiger partial charge in [0.15, 0.2) is 5.82 Å². The predicted octanol–water partition coefficient (Wildman–Crippen LogP) is 4.62. The molecule has 0 unspecified atom stereocenters. The summed E-state index contributed by atoms with van der Waals surface area (Å²) in [6.07, 6.45) is 0.830. The molecule has 150 valence electrons. The van der Waals surface area contributed by atoms with Gasteiger partial charge < -0.3 is 20.1 Å². The third-order valence-corrected chi connectivity index (χ3v) is 5.63. The normalized spacial score (nSPS) is 16.6. The topological polar surface area (TPSA) is 87.6 Å². The molecule has 1 aliphatic heterocycles. The number of piperidine rings is 1. The molecule has 1 fully saturated rings. The Balaban J connectivity index is 1.72. The molecular formula is C21H21BrN4O3. The smallest absolute Gasteiger partial charge is 0.407 e. The zero-order valence-corrected chi connectivity index (χ0v) is 17.5. The Morgan fingerprint density at radius 3 is 2.79 bits per heavy atom. The van der Waals surface area contributed by atoms with Gasteiger partial charge in [-0.2, -0.15) is 0 Å². The van der Waals surface area contributed by atoms with Crippen LogP contribution in [0.4, 0.5) is 10.6 Å². The fraction of sp³-hybridized carbons (Fsp3) is 0.286. The van der Waals surface area contributed by atoms with E-state index in [1.807, 2.05) is 42.5 Å². The second-order valence-corrected chi connectivity index (χ2v) is 7.92. The van der Waals surface area contributed by atoms with Crippen molar-refractivity contribution in [1.29, 1.82) is 0 Å². The first kappa shape index (κ1) is 19.4. The van der Waals surface area contributed by atoms with Crippen LogP contribution in [0.15, 0.2) is 46.9 Å². The Labute approximate surface area is 176 Å². The van der Waals surface area contributed by atoms with Gasteiger partial charge in [0.2, 0.25) is 0 Å². The number of anilines is 1. The molecule has 0 spiro atoms. The van der Waals surface area contributed by atoms with Crippen molar-refractivity contribution in [2.45, 2.75) is 18.9 Å². The van der Waals surface area contributed by atoms with Crippen molar-refractivity contribution in [2.24, 2.45) is 0 Å². The van der Waals surface area contributed by atoms with Gasteiger partial charge in [0.25, 0.3) is 0 Å². The molecule has 0 saturated carbocycles. The van der Waals surface area contributed by atoms with E-state index >= 15 is 0 Å². The van der Waals surface area contributed by atoms with E-state index in [0.29, 0.717) is 24.7 Å². The highest BCUT2D eigenvalue weighted by Crippen LogP contribution is 2.36. The molecule has 2 heterocycles. The Kier molecular flexibility index (Phi) is 5.53. The molecule has 3 aromatic rings. The number of methoxy groups -OCH3 is 1. The number of carbonyl (C=O) groups is 1. The van der Waals surface area contributed by atoms with Gasteiger partial charge in [-0.25, -0.2) is 4.79 Å². The van der Waals surface area contributed by atoms with Gasteiger partial charge in [-0.3, -0.25) is 0 Å². The van der Waals surface area contributed by atoms with Crippen molar-refractivity contribution in [2.75, 3.05) is 25.5 Å². The summed E-state index contributed by atoms with van der Waals surface area (Å²) in [4.78, 5) is 12.7. The zero-order valence-electron chi connectivity index (χ0n) is 15.9. The second-order valence-electron chi connectivity index (χ2n) is 7.00. The summed E-state index contributed by atoms with van der Waals surface area (Å²) in [6.45, 7) is 1.01. The lowest BCUT2D eigenvalue weighted by atomic mass is 10.0. The maximum absolute atomic E-state index is 11.3. The van der Waals surface area contributed by atoms with Crippen LogP contribution in [0.2, 0.25) is 0 Å². The van der Waals surface area contributed by atoms with Crippen LogP contribution in [0.1, 0.15) is 12.8 Å². The van der Waals surface area contributed by atoms with Crippen LogP contribution in [-0.4, -0.2) is 52.5 Å². The van der Waals surface area contributed by atoms with E-state index in [2.05, 4.69) is 31.4 Å². The number of benzene rings is 2. The van der Waals surface area contributed by atoms with E-state index < -0.39 is 6.09 Å². The number of ether oxygens (including phenoxy) is 1. The van der Waals surface area contributed by atoms with E-state index in [-0.39, 0.29) is 6.04 Å². The van der Waals surface area contributed by atoms with Crippen molar-refractivity contribution in [3.05, 3.63) is 46.9 Å². The van der Waals surface area contributed by atoms with E-state index in [1.165, 1.54) is 4.90 Å². The van der Waals surface area contributed by atoms with Crippen LogP contribution in [0.25, 0.3) is 22.0 Å².